The number of anilines is 1. The maximum atomic E-state index is 11.6. The second-order valence-corrected chi connectivity index (χ2v) is 4.07. The molecule has 0 atom stereocenters. The summed E-state index contributed by atoms with van der Waals surface area (Å²) in [5.74, 6) is -0.284. The van der Waals surface area contributed by atoms with E-state index in [1.807, 2.05) is 0 Å². The van der Waals surface area contributed by atoms with E-state index in [1.54, 1.807) is 18.2 Å². The Labute approximate surface area is 102 Å². The van der Waals surface area contributed by atoms with E-state index in [9.17, 15) is 9.59 Å². The molecule has 3 amide bonds. The lowest BCUT2D eigenvalue weighted by Gasteiger charge is -2.26. The molecular formula is C10H8Cl2N2O2. The van der Waals surface area contributed by atoms with E-state index >= 15 is 0 Å². The Morgan fingerprint density at radius 2 is 2.00 bits per heavy atom. The number of amides is 3. The highest BCUT2D eigenvalue weighted by Crippen LogP contribution is 2.33. The average Bonchev–Trinajstić information content (AvgIpc) is 2.24. The minimum absolute atomic E-state index is 0.203. The summed E-state index contributed by atoms with van der Waals surface area (Å²) in [7, 11) is 0. The van der Waals surface area contributed by atoms with Gasteiger partial charge in [-0.15, -0.1) is 0 Å². The van der Waals surface area contributed by atoms with Gasteiger partial charge in [0.15, 0.2) is 0 Å². The largest absolute Gasteiger partial charge is 0.337 e. The van der Waals surface area contributed by atoms with Gasteiger partial charge in [-0.3, -0.25) is 4.79 Å². The standard InChI is InChI=1S/C10H8Cl2N2O2/c11-6-2-1-3-7(9(6)12)14-8(15)4-5-13-10(14)16/h1-3H,4-5H2,(H,13,16). The van der Waals surface area contributed by atoms with Crippen LogP contribution in [0, 0.1) is 0 Å². The predicted octanol–water partition coefficient (Wildman–Crippen LogP) is 2.44. The number of hydrogen-bond donors (Lipinski definition) is 1. The molecule has 0 spiro atoms. The summed E-state index contributed by atoms with van der Waals surface area (Å²) < 4.78 is 0. The maximum Gasteiger partial charge on any atom is 0.328 e. The summed E-state index contributed by atoms with van der Waals surface area (Å²) in [6.45, 7) is 0.354. The molecule has 1 heterocycles. The number of urea groups is 1. The number of halogens is 2. The van der Waals surface area contributed by atoms with Gasteiger partial charge >= 0.3 is 6.03 Å². The fourth-order valence-corrected chi connectivity index (χ4v) is 1.87. The second-order valence-electron chi connectivity index (χ2n) is 3.28. The zero-order valence-electron chi connectivity index (χ0n) is 8.17. The first-order valence-corrected chi connectivity index (χ1v) is 5.41. The summed E-state index contributed by atoms with van der Waals surface area (Å²) in [6.07, 6.45) is 0.259. The first-order chi connectivity index (χ1) is 7.61. The molecule has 1 aliphatic heterocycles. The Hall–Kier alpha value is -1.26. The molecule has 0 radical (unpaired) electrons. The molecule has 0 unspecified atom stereocenters. The maximum absolute atomic E-state index is 11.6. The highest BCUT2D eigenvalue weighted by atomic mass is 35.5. The van der Waals surface area contributed by atoms with Crippen LogP contribution in [0.25, 0.3) is 0 Å². The van der Waals surface area contributed by atoms with E-state index in [-0.39, 0.29) is 17.4 Å². The minimum atomic E-state index is -0.472. The smallest absolute Gasteiger partial charge is 0.328 e. The van der Waals surface area contributed by atoms with E-state index in [0.29, 0.717) is 17.3 Å². The summed E-state index contributed by atoms with van der Waals surface area (Å²) in [5.41, 5.74) is 0.316. The molecule has 1 fully saturated rings. The van der Waals surface area contributed by atoms with E-state index in [2.05, 4.69) is 5.32 Å². The Bertz CT molecular complexity index is 446. The van der Waals surface area contributed by atoms with Crippen LogP contribution in [-0.2, 0) is 4.79 Å². The first kappa shape index (κ1) is 11.2. The van der Waals surface area contributed by atoms with Crippen LogP contribution < -0.4 is 10.2 Å². The monoisotopic (exact) mass is 258 g/mol. The molecule has 1 N–H and O–H groups in total. The lowest BCUT2D eigenvalue weighted by Crippen LogP contribution is -2.50. The number of carbonyl (C=O) groups excluding carboxylic acids is 2. The second kappa shape index (κ2) is 4.31. The molecule has 0 aliphatic carbocycles. The van der Waals surface area contributed by atoms with Crippen LogP contribution in [-0.4, -0.2) is 18.5 Å². The minimum Gasteiger partial charge on any atom is -0.337 e. The molecule has 1 aliphatic rings. The molecule has 4 nitrogen and oxygen atoms in total. The van der Waals surface area contributed by atoms with Crippen molar-refractivity contribution in [3.8, 4) is 0 Å². The number of hydrogen-bond acceptors (Lipinski definition) is 2. The topological polar surface area (TPSA) is 49.4 Å². The third kappa shape index (κ3) is 1.86. The zero-order valence-corrected chi connectivity index (χ0v) is 9.68. The van der Waals surface area contributed by atoms with Crippen LogP contribution in [0.1, 0.15) is 6.42 Å². The number of carbonyl (C=O) groups is 2. The number of nitrogens with zero attached hydrogens (tertiary/aromatic N) is 1. The Morgan fingerprint density at radius 1 is 1.25 bits per heavy atom. The molecule has 0 bridgehead atoms. The van der Waals surface area contributed by atoms with Crippen LogP contribution in [0.5, 0.6) is 0 Å². The molecular weight excluding hydrogens is 251 g/mol. The van der Waals surface area contributed by atoms with Crippen LogP contribution in [0.2, 0.25) is 10.0 Å². The van der Waals surface area contributed by atoms with Crippen LogP contribution in [0.4, 0.5) is 10.5 Å². The molecule has 0 aromatic heterocycles. The zero-order chi connectivity index (χ0) is 11.7. The highest BCUT2D eigenvalue weighted by Gasteiger charge is 2.29. The van der Waals surface area contributed by atoms with Crippen molar-refractivity contribution in [2.75, 3.05) is 11.4 Å². The summed E-state index contributed by atoms with van der Waals surface area (Å²) in [5, 5.41) is 3.09. The fraction of sp³-hybridized carbons (Fsp3) is 0.200. The fourth-order valence-electron chi connectivity index (χ4n) is 1.49. The van der Waals surface area contributed by atoms with E-state index in [0.717, 1.165) is 4.90 Å². The molecule has 0 saturated carbocycles. The molecule has 1 saturated heterocycles. The van der Waals surface area contributed by atoms with Crippen molar-refractivity contribution in [3.05, 3.63) is 28.2 Å². The number of benzene rings is 1. The number of nitrogens with one attached hydrogen (secondary N) is 1. The van der Waals surface area contributed by atoms with Crippen LogP contribution in [0.15, 0.2) is 18.2 Å². The SMILES string of the molecule is O=C1CCNC(=O)N1c1cccc(Cl)c1Cl. The third-order valence-electron chi connectivity index (χ3n) is 2.24. The van der Waals surface area contributed by atoms with E-state index in [1.165, 1.54) is 0 Å². The quantitative estimate of drug-likeness (QED) is 0.842. The first-order valence-electron chi connectivity index (χ1n) is 4.66. The van der Waals surface area contributed by atoms with E-state index in [4.69, 9.17) is 23.2 Å². The van der Waals surface area contributed by atoms with Gasteiger partial charge in [-0.1, -0.05) is 29.3 Å². The third-order valence-corrected chi connectivity index (χ3v) is 3.05. The van der Waals surface area contributed by atoms with Gasteiger partial charge in [0.25, 0.3) is 0 Å². The van der Waals surface area contributed by atoms with Gasteiger partial charge < -0.3 is 5.32 Å². The summed E-state index contributed by atoms with van der Waals surface area (Å²) >= 11 is 11.8. The number of imide groups is 1. The average molecular weight is 259 g/mol. The van der Waals surface area contributed by atoms with Crippen molar-refractivity contribution in [2.45, 2.75) is 6.42 Å². The predicted molar refractivity (Wildman–Crippen MR) is 62.0 cm³/mol. The Morgan fingerprint density at radius 3 is 2.69 bits per heavy atom. The Balaban J connectivity index is 2.46. The van der Waals surface area contributed by atoms with Gasteiger partial charge in [0, 0.05) is 13.0 Å². The highest BCUT2D eigenvalue weighted by molar-refractivity contribution is 6.44. The van der Waals surface area contributed by atoms with Crippen molar-refractivity contribution in [1.29, 1.82) is 0 Å². The van der Waals surface area contributed by atoms with Gasteiger partial charge in [0.2, 0.25) is 5.91 Å². The van der Waals surface area contributed by atoms with Gasteiger partial charge in [0.1, 0.15) is 0 Å². The van der Waals surface area contributed by atoms with Crippen molar-refractivity contribution in [2.24, 2.45) is 0 Å². The molecule has 84 valence electrons. The summed E-state index contributed by atoms with van der Waals surface area (Å²) in [6, 6.07) is 4.34. The molecule has 1 aromatic rings. The summed E-state index contributed by atoms with van der Waals surface area (Å²) in [4.78, 5) is 24.2. The van der Waals surface area contributed by atoms with Gasteiger partial charge in [0.05, 0.1) is 15.7 Å². The van der Waals surface area contributed by atoms with Crippen molar-refractivity contribution in [1.82, 2.24) is 5.32 Å². The van der Waals surface area contributed by atoms with Crippen molar-refractivity contribution >= 4 is 40.8 Å². The normalized spacial score (nSPS) is 16.2. The van der Waals surface area contributed by atoms with Gasteiger partial charge in [-0.2, -0.15) is 0 Å². The van der Waals surface area contributed by atoms with Gasteiger partial charge in [-0.25, -0.2) is 9.69 Å². The van der Waals surface area contributed by atoms with Gasteiger partial charge in [-0.05, 0) is 12.1 Å². The number of rotatable bonds is 1. The molecule has 2 rings (SSSR count). The van der Waals surface area contributed by atoms with Crippen molar-refractivity contribution in [3.63, 3.8) is 0 Å². The van der Waals surface area contributed by atoms with Crippen LogP contribution in [0.3, 0.4) is 0 Å². The lowest BCUT2D eigenvalue weighted by atomic mass is 10.2. The lowest BCUT2D eigenvalue weighted by molar-refractivity contribution is -0.118. The van der Waals surface area contributed by atoms with Crippen LogP contribution >= 0.6 is 23.2 Å². The van der Waals surface area contributed by atoms with E-state index < -0.39 is 6.03 Å². The molecule has 6 heteroatoms. The van der Waals surface area contributed by atoms with Crippen molar-refractivity contribution < 1.29 is 9.59 Å². The Kier molecular flexibility index (Phi) is 3.03. The molecule has 1 aromatic carbocycles. The molecule has 16 heavy (non-hydrogen) atoms.